The molecule has 2 aromatic rings. The number of carboxylic acids is 1. The van der Waals surface area contributed by atoms with E-state index in [0.717, 1.165) is 11.3 Å². The van der Waals surface area contributed by atoms with Crippen LogP contribution in [0.5, 0.6) is 0 Å². The monoisotopic (exact) mass is 377 g/mol. The minimum atomic E-state index is -1.36. The molecule has 8 nitrogen and oxygen atoms in total. The lowest BCUT2D eigenvalue weighted by atomic mass is 10.1. The van der Waals surface area contributed by atoms with E-state index >= 15 is 0 Å². The lowest BCUT2D eigenvalue weighted by Crippen LogP contribution is -2.29. The third-order valence-electron chi connectivity index (χ3n) is 2.94. The van der Waals surface area contributed by atoms with Crippen LogP contribution >= 0.6 is 11.3 Å². The van der Waals surface area contributed by atoms with Crippen molar-refractivity contribution in [1.29, 1.82) is 0 Å². The summed E-state index contributed by atoms with van der Waals surface area (Å²) in [6.07, 6.45) is -1.22. The van der Waals surface area contributed by atoms with Gasteiger partial charge in [0.05, 0.1) is 0 Å². The van der Waals surface area contributed by atoms with Crippen LogP contribution in [0, 0.1) is 0 Å². The van der Waals surface area contributed by atoms with Crippen LogP contribution in [0.4, 0.5) is 5.13 Å². The van der Waals surface area contributed by atoms with Gasteiger partial charge in [0.2, 0.25) is 11.8 Å². The Hall–Kier alpha value is -2.94. The maximum Gasteiger partial charge on any atom is 0.360 e. The van der Waals surface area contributed by atoms with Crippen LogP contribution in [-0.4, -0.2) is 33.3 Å². The molecule has 1 aromatic carbocycles. The quantitative estimate of drug-likeness (QED) is 0.450. The molecule has 0 radical (unpaired) electrons. The highest BCUT2D eigenvalue weighted by molar-refractivity contribution is 7.13. The molecule has 26 heavy (non-hydrogen) atoms. The van der Waals surface area contributed by atoms with Gasteiger partial charge in [0.15, 0.2) is 5.13 Å². The number of nitrogens with zero attached hydrogens (tertiary/aromatic N) is 2. The third-order valence-corrected chi connectivity index (χ3v) is 3.61. The van der Waals surface area contributed by atoms with E-state index in [0.29, 0.717) is 5.56 Å². The average molecular weight is 377 g/mol. The summed E-state index contributed by atoms with van der Waals surface area (Å²) in [6.45, 7) is 5.16. The van der Waals surface area contributed by atoms with Crippen molar-refractivity contribution in [3.05, 3.63) is 47.0 Å². The first-order valence-electron chi connectivity index (χ1n) is 7.63. The number of esters is 1. The van der Waals surface area contributed by atoms with Gasteiger partial charge in [-0.2, -0.15) is 0 Å². The summed E-state index contributed by atoms with van der Waals surface area (Å²) in [4.78, 5) is 33.1. The van der Waals surface area contributed by atoms with E-state index in [1.54, 1.807) is 51.1 Å². The summed E-state index contributed by atoms with van der Waals surface area (Å²) < 4.78 is 5.34. The number of aliphatic carboxylic acids is 1. The number of carbonyl (C=O) groups excluding carboxylic acids is 1. The molecule has 0 aliphatic rings. The molecular formula is C17H19N3O5S. The molecule has 138 valence electrons. The van der Waals surface area contributed by atoms with Gasteiger partial charge >= 0.3 is 11.9 Å². The SMILES string of the molecule is CC(C)(C)OC(=O)C(ON=C(C(=O)O)c1csc(N)n1)c1ccccc1. The van der Waals surface area contributed by atoms with E-state index in [1.165, 1.54) is 5.38 Å². The number of thiazole rings is 1. The first-order valence-corrected chi connectivity index (χ1v) is 8.51. The molecule has 0 fully saturated rings. The Morgan fingerprint density at radius 1 is 1.27 bits per heavy atom. The van der Waals surface area contributed by atoms with Crippen molar-refractivity contribution < 1.29 is 24.3 Å². The number of nitrogen functional groups attached to an aromatic ring is 1. The molecule has 0 saturated heterocycles. The van der Waals surface area contributed by atoms with E-state index in [1.807, 2.05) is 0 Å². The van der Waals surface area contributed by atoms with Gasteiger partial charge < -0.3 is 20.4 Å². The van der Waals surface area contributed by atoms with Gasteiger partial charge in [-0.15, -0.1) is 11.3 Å². The number of rotatable bonds is 6. The Bertz CT molecular complexity index is 811. The fourth-order valence-corrected chi connectivity index (χ4v) is 2.47. The second kappa shape index (κ2) is 7.96. The van der Waals surface area contributed by atoms with E-state index in [-0.39, 0.29) is 10.8 Å². The molecule has 1 unspecified atom stereocenters. The lowest BCUT2D eigenvalue weighted by molar-refractivity contribution is -0.169. The minimum absolute atomic E-state index is 0.0519. The zero-order chi connectivity index (χ0) is 19.3. The van der Waals surface area contributed by atoms with Crippen LogP contribution in [0.15, 0.2) is 40.9 Å². The van der Waals surface area contributed by atoms with E-state index in [4.69, 9.17) is 15.3 Å². The van der Waals surface area contributed by atoms with Crippen molar-refractivity contribution >= 4 is 34.1 Å². The van der Waals surface area contributed by atoms with Gasteiger partial charge in [0.25, 0.3) is 0 Å². The normalized spacial score (nSPS) is 13.1. The first kappa shape index (κ1) is 19.4. The highest BCUT2D eigenvalue weighted by Gasteiger charge is 2.29. The number of ether oxygens (including phenoxy) is 1. The van der Waals surface area contributed by atoms with Crippen molar-refractivity contribution in [2.45, 2.75) is 32.5 Å². The Labute approximate surface area is 154 Å². The van der Waals surface area contributed by atoms with Crippen molar-refractivity contribution in [2.75, 3.05) is 5.73 Å². The molecule has 9 heteroatoms. The fraction of sp³-hybridized carbons (Fsp3) is 0.294. The second-order valence-corrected chi connectivity index (χ2v) is 7.14. The lowest BCUT2D eigenvalue weighted by Gasteiger charge is -2.23. The standard InChI is InChI=1S/C17H19N3O5S/c1-17(2,3)24-15(23)13(10-7-5-4-6-8-10)25-20-12(14(21)22)11-9-26-16(18)19-11/h4-9,13H,1-3H3,(H2,18,19)(H,21,22). The topological polar surface area (TPSA) is 124 Å². The third kappa shape index (κ3) is 5.28. The average Bonchev–Trinajstić information content (AvgIpc) is 2.96. The Morgan fingerprint density at radius 2 is 1.92 bits per heavy atom. The molecule has 0 spiro atoms. The Balaban J connectivity index is 2.33. The molecule has 2 rings (SSSR count). The van der Waals surface area contributed by atoms with Crippen LogP contribution in [0.25, 0.3) is 0 Å². The molecule has 0 saturated carbocycles. The van der Waals surface area contributed by atoms with Gasteiger partial charge in [-0.1, -0.05) is 35.5 Å². The number of hydrogen-bond donors (Lipinski definition) is 2. The van der Waals surface area contributed by atoms with E-state index < -0.39 is 29.4 Å². The summed E-state index contributed by atoms with van der Waals surface area (Å²) in [6, 6.07) is 8.54. The number of hydrogen-bond acceptors (Lipinski definition) is 8. The fourth-order valence-electron chi connectivity index (χ4n) is 1.92. The molecule has 0 amide bonds. The molecule has 3 N–H and O–H groups in total. The number of carboxylic acid groups (broad SMARTS) is 1. The maximum absolute atomic E-state index is 12.5. The van der Waals surface area contributed by atoms with Gasteiger partial charge in [0.1, 0.15) is 11.3 Å². The van der Waals surface area contributed by atoms with Gasteiger partial charge in [-0.05, 0) is 20.8 Å². The molecular weight excluding hydrogens is 358 g/mol. The minimum Gasteiger partial charge on any atom is -0.476 e. The summed E-state index contributed by atoms with van der Waals surface area (Å²) in [5, 5.41) is 14.6. The van der Waals surface area contributed by atoms with Gasteiger partial charge in [-0.25, -0.2) is 14.6 Å². The predicted octanol–water partition coefficient (Wildman–Crippen LogP) is 2.61. The number of aromatic nitrogens is 1. The van der Waals surface area contributed by atoms with Crippen LogP contribution in [0.2, 0.25) is 0 Å². The summed E-state index contributed by atoms with van der Waals surface area (Å²) >= 11 is 1.07. The predicted molar refractivity (Wildman–Crippen MR) is 96.8 cm³/mol. The molecule has 1 heterocycles. The largest absolute Gasteiger partial charge is 0.476 e. The first-order chi connectivity index (χ1) is 12.2. The number of anilines is 1. The van der Waals surface area contributed by atoms with Crippen LogP contribution < -0.4 is 5.73 Å². The van der Waals surface area contributed by atoms with Crippen molar-refractivity contribution in [2.24, 2.45) is 5.16 Å². The molecule has 1 atom stereocenters. The Morgan fingerprint density at radius 3 is 2.42 bits per heavy atom. The summed E-state index contributed by atoms with van der Waals surface area (Å²) in [7, 11) is 0. The number of benzene rings is 1. The second-order valence-electron chi connectivity index (χ2n) is 6.25. The van der Waals surface area contributed by atoms with Crippen molar-refractivity contribution in [3.63, 3.8) is 0 Å². The molecule has 1 aromatic heterocycles. The molecule has 0 aliphatic carbocycles. The highest BCUT2D eigenvalue weighted by atomic mass is 32.1. The smallest absolute Gasteiger partial charge is 0.360 e. The van der Waals surface area contributed by atoms with E-state index in [9.17, 15) is 14.7 Å². The van der Waals surface area contributed by atoms with Gasteiger partial charge in [-0.3, -0.25) is 0 Å². The summed E-state index contributed by atoms with van der Waals surface area (Å²) in [5.41, 5.74) is 4.86. The maximum atomic E-state index is 12.5. The number of carbonyl (C=O) groups is 2. The molecule has 0 bridgehead atoms. The molecule has 0 aliphatic heterocycles. The summed E-state index contributed by atoms with van der Waals surface area (Å²) in [5.74, 6) is -2.04. The van der Waals surface area contributed by atoms with Crippen LogP contribution in [0.3, 0.4) is 0 Å². The van der Waals surface area contributed by atoms with Gasteiger partial charge in [0, 0.05) is 10.9 Å². The number of nitrogens with two attached hydrogens (primary N) is 1. The van der Waals surface area contributed by atoms with Crippen LogP contribution in [-0.2, 0) is 19.2 Å². The Kier molecular flexibility index (Phi) is 5.93. The van der Waals surface area contributed by atoms with E-state index in [2.05, 4.69) is 10.1 Å². The zero-order valence-electron chi connectivity index (χ0n) is 14.5. The zero-order valence-corrected chi connectivity index (χ0v) is 15.3. The number of oxime groups is 1. The van der Waals surface area contributed by atoms with Crippen molar-refractivity contribution in [3.8, 4) is 0 Å². The van der Waals surface area contributed by atoms with Crippen LogP contribution in [0.1, 0.15) is 38.1 Å². The van der Waals surface area contributed by atoms with Crippen molar-refractivity contribution in [1.82, 2.24) is 4.98 Å². The highest BCUT2D eigenvalue weighted by Crippen LogP contribution is 2.23.